The Bertz CT molecular complexity index is 990. The molecule has 0 aliphatic heterocycles. The van der Waals surface area contributed by atoms with Gasteiger partial charge in [-0.05, 0) is 43.3 Å². The molecule has 0 saturated heterocycles. The normalized spacial score (nSPS) is 11.0. The molecule has 0 atom stereocenters. The fraction of sp³-hybridized carbons (Fsp3) is 0.0526. The first-order chi connectivity index (χ1) is 11.2. The van der Waals surface area contributed by atoms with Gasteiger partial charge >= 0.3 is 0 Å². The van der Waals surface area contributed by atoms with Gasteiger partial charge in [0.1, 0.15) is 10.8 Å². The first-order valence-electron chi connectivity index (χ1n) is 7.29. The second-order valence-electron chi connectivity index (χ2n) is 5.37. The molecular weight excluding hydrogens is 307 g/mol. The molecule has 0 bridgehead atoms. The zero-order valence-corrected chi connectivity index (χ0v) is 13.3. The zero-order chi connectivity index (χ0) is 15.8. The molecule has 0 spiro atoms. The summed E-state index contributed by atoms with van der Waals surface area (Å²) in [7, 11) is 0. The minimum Gasteiger partial charge on any atom is -0.253 e. The molecular formula is C19H13FN2S. The van der Waals surface area contributed by atoms with Crippen LogP contribution in [0.1, 0.15) is 5.69 Å². The lowest BCUT2D eigenvalue weighted by Crippen LogP contribution is -1.88. The van der Waals surface area contributed by atoms with Crippen LogP contribution in [-0.2, 0) is 0 Å². The molecule has 0 amide bonds. The maximum Gasteiger partial charge on any atom is 0.124 e. The number of hydrogen-bond acceptors (Lipinski definition) is 3. The molecule has 2 heterocycles. The first-order valence-corrected chi connectivity index (χ1v) is 8.17. The van der Waals surface area contributed by atoms with Gasteiger partial charge in [0.25, 0.3) is 0 Å². The van der Waals surface area contributed by atoms with Gasteiger partial charge in [-0.25, -0.2) is 9.37 Å². The number of rotatable bonds is 2. The van der Waals surface area contributed by atoms with Crippen molar-refractivity contribution in [2.45, 2.75) is 6.92 Å². The lowest BCUT2D eigenvalue weighted by atomic mass is 10.1. The monoisotopic (exact) mass is 320 g/mol. The van der Waals surface area contributed by atoms with Crippen LogP contribution in [0.15, 0.2) is 60.0 Å². The summed E-state index contributed by atoms with van der Waals surface area (Å²) >= 11 is 1.59. The zero-order valence-electron chi connectivity index (χ0n) is 12.5. The average Bonchev–Trinajstić information content (AvgIpc) is 3.04. The summed E-state index contributed by atoms with van der Waals surface area (Å²) in [4.78, 5) is 9.31. The van der Waals surface area contributed by atoms with Gasteiger partial charge in [0.2, 0.25) is 0 Å². The molecule has 2 aromatic heterocycles. The van der Waals surface area contributed by atoms with Crippen molar-refractivity contribution in [1.29, 1.82) is 0 Å². The summed E-state index contributed by atoms with van der Waals surface area (Å²) in [6, 6.07) is 16.6. The molecule has 4 aromatic rings. The fourth-order valence-corrected chi connectivity index (χ4v) is 3.49. The van der Waals surface area contributed by atoms with E-state index in [-0.39, 0.29) is 5.82 Å². The Labute approximate surface area is 137 Å². The van der Waals surface area contributed by atoms with E-state index in [2.05, 4.69) is 17.1 Å². The first kappa shape index (κ1) is 14.0. The number of benzene rings is 2. The SMILES string of the molecule is Cc1cc(-c2nc(-c3ccc(F)cc3)cs2)c2ccccc2n1. The molecule has 0 aliphatic carbocycles. The average molecular weight is 320 g/mol. The third-order valence-electron chi connectivity index (χ3n) is 3.72. The molecule has 112 valence electrons. The molecule has 0 saturated carbocycles. The van der Waals surface area contributed by atoms with E-state index in [1.165, 1.54) is 12.1 Å². The number of thiazole rings is 1. The van der Waals surface area contributed by atoms with Crippen LogP contribution in [0.3, 0.4) is 0 Å². The second kappa shape index (κ2) is 5.56. The van der Waals surface area contributed by atoms with Gasteiger partial charge in [0.05, 0.1) is 11.2 Å². The smallest absolute Gasteiger partial charge is 0.124 e. The van der Waals surface area contributed by atoms with E-state index in [1.807, 2.05) is 30.5 Å². The second-order valence-corrected chi connectivity index (χ2v) is 6.23. The highest BCUT2D eigenvalue weighted by Crippen LogP contribution is 2.33. The molecule has 4 heteroatoms. The van der Waals surface area contributed by atoms with Crippen LogP contribution in [0.25, 0.3) is 32.7 Å². The summed E-state index contributed by atoms with van der Waals surface area (Å²) in [5.74, 6) is -0.236. The lowest BCUT2D eigenvalue weighted by molar-refractivity contribution is 0.628. The summed E-state index contributed by atoms with van der Waals surface area (Å²) in [5.41, 5.74) is 4.82. The van der Waals surface area contributed by atoms with Crippen LogP contribution < -0.4 is 0 Å². The van der Waals surface area contributed by atoms with E-state index in [0.717, 1.165) is 38.4 Å². The number of aromatic nitrogens is 2. The van der Waals surface area contributed by atoms with Crippen molar-refractivity contribution in [3.05, 3.63) is 71.5 Å². The van der Waals surface area contributed by atoms with Crippen molar-refractivity contribution < 1.29 is 4.39 Å². The molecule has 0 radical (unpaired) electrons. The number of hydrogen-bond donors (Lipinski definition) is 0. The molecule has 4 rings (SSSR count). The standard InChI is InChI=1S/C19H13FN2S/c1-12-10-16(15-4-2-3-5-17(15)21-12)19-22-18(11-23-19)13-6-8-14(20)9-7-13/h2-11H,1H3. The van der Waals surface area contributed by atoms with Crippen LogP contribution in [0.5, 0.6) is 0 Å². The van der Waals surface area contributed by atoms with Gasteiger partial charge in [0, 0.05) is 27.6 Å². The quantitative estimate of drug-likeness (QED) is 0.489. The highest BCUT2D eigenvalue weighted by atomic mass is 32.1. The van der Waals surface area contributed by atoms with Gasteiger partial charge in [-0.3, -0.25) is 4.98 Å². The Morgan fingerprint density at radius 2 is 1.74 bits per heavy atom. The number of aryl methyl sites for hydroxylation is 1. The molecule has 2 aromatic carbocycles. The highest BCUT2D eigenvalue weighted by molar-refractivity contribution is 7.13. The molecule has 23 heavy (non-hydrogen) atoms. The third-order valence-corrected chi connectivity index (χ3v) is 4.59. The Balaban J connectivity index is 1.85. The topological polar surface area (TPSA) is 25.8 Å². The Kier molecular flexibility index (Phi) is 3.39. The Morgan fingerprint density at radius 1 is 0.957 bits per heavy atom. The maximum absolute atomic E-state index is 13.1. The largest absolute Gasteiger partial charge is 0.253 e. The van der Waals surface area contributed by atoms with Crippen molar-refractivity contribution in [2.24, 2.45) is 0 Å². The summed E-state index contributed by atoms with van der Waals surface area (Å²) in [6.45, 7) is 1.99. The summed E-state index contributed by atoms with van der Waals surface area (Å²) in [6.07, 6.45) is 0. The molecule has 0 aliphatic rings. The molecule has 0 unspecified atom stereocenters. The molecule has 0 N–H and O–H groups in total. The number of pyridine rings is 1. The fourth-order valence-electron chi connectivity index (χ4n) is 2.64. The van der Waals surface area contributed by atoms with Crippen molar-refractivity contribution in [3.63, 3.8) is 0 Å². The van der Waals surface area contributed by atoms with Crippen LogP contribution in [-0.4, -0.2) is 9.97 Å². The van der Waals surface area contributed by atoms with E-state index in [4.69, 9.17) is 4.98 Å². The Morgan fingerprint density at radius 3 is 2.57 bits per heavy atom. The maximum atomic E-state index is 13.1. The van der Waals surface area contributed by atoms with Crippen LogP contribution in [0.2, 0.25) is 0 Å². The van der Waals surface area contributed by atoms with E-state index >= 15 is 0 Å². The van der Waals surface area contributed by atoms with E-state index in [9.17, 15) is 4.39 Å². The number of para-hydroxylation sites is 1. The third kappa shape index (κ3) is 2.62. The highest BCUT2D eigenvalue weighted by Gasteiger charge is 2.11. The van der Waals surface area contributed by atoms with E-state index in [1.54, 1.807) is 23.5 Å². The van der Waals surface area contributed by atoms with Crippen molar-refractivity contribution in [1.82, 2.24) is 9.97 Å². The van der Waals surface area contributed by atoms with Gasteiger partial charge < -0.3 is 0 Å². The lowest BCUT2D eigenvalue weighted by Gasteiger charge is -2.05. The summed E-state index contributed by atoms with van der Waals surface area (Å²) < 4.78 is 13.1. The van der Waals surface area contributed by atoms with Crippen LogP contribution in [0, 0.1) is 12.7 Å². The molecule has 0 fully saturated rings. The van der Waals surface area contributed by atoms with Gasteiger partial charge in [-0.1, -0.05) is 18.2 Å². The van der Waals surface area contributed by atoms with E-state index in [0.29, 0.717) is 0 Å². The van der Waals surface area contributed by atoms with Crippen LogP contribution >= 0.6 is 11.3 Å². The number of halogens is 1. The van der Waals surface area contributed by atoms with E-state index < -0.39 is 0 Å². The van der Waals surface area contributed by atoms with Crippen LogP contribution in [0.4, 0.5) is 4.39 Å². The van der Waals surface area contributed by atoms with Crippen molar-refractivity contribution in [3.8, 4) is 21.8 Å². The van der Waals surface area contributed by atoms with Gasteiger partial charge in [-0.15, -0.1) is 11.3 Å². The van der Waals surface area contributed by atoms with Gasteiger partial charge in [0.15, 0.2) is 0 Å². The van der Waals surface area contributed by atoms with Gasteiger partial charge in [-0.2, -0.15) is 0 Å². The predicted octanol–water partition coefficient (Wildman–Crippen LogP) is 5.47. The Hall–Kier alpha value is -2.59. The van der Waals surface area contributed by atoms with Crippen molar-refractivity contribution in [2.75, 3.05) is 0 Å². The minimum absolute atomic E-state index is 0.236. The predicted molar refractivity (Wildman–Crippen MR) is 93.0 cm³/mol. The number of nitrogens with zero attached hydrogens (tertiary/aromatic N) is 2. The minimum atomic E-state index is -0.236. The number of fused-ring (bicyclic) bond motifs is 1. The molecule has 2 nitrogen and oxygen atoms in total. The van der Waals surface area contributed by atoms with Crippen molar-refractivity contribution >= 4 is 22.2 Å². The summed E-state index contributed by atoms with van der Waals surface area (Å²) in [5, 5.41) is 4.05.